The Bertz CT molecular complexity index is 1100. The first-order chi connectivity index (χ1) is 13.3. The summed E-state index contributed by atoms with van der Waals surface area (Å²) in [5.41, 5.74) is 3.48. The van der Waals surface area contributed by atoms with Gasteiger partial charge in [0.25, 0.3) is 0 Å². The lowest BCUT2D eigenvalue weighted by atomic mass is 10.1. The number of amides is 1. The van der Waals surface area contributed by atoms with Crippen LogP contribution in [0, 0.1) is 0 Å². The molecule has 0 aliphatic rings. The Morgan fingerprint density at radius 3 is 2.85 bits per heavy atom. The minimum absolute atomic E-state index is 0.200. The number of fused-ring (bicyclic) bond motifs is 1. The molecule has 27 heavy (non-hydrogen) atoms. The first kappa shape index (κ1) is 16.7. The first-order valence-electron chi connectivity index (χ1n) is 8.53. The van der Waals surface area contributed by atoms with Crippen molar-refractivity contribution in [2.24, 2.45) is 0 Å². The number of nitrogens with one attached hydrogen (secondary N) is 1. The zero-order valence-corrected chi connectivity index (χ0v) is 14.5. The number of hydrogen-bond acceptors (Lipinski definition) is 4. The SMILES string of the molecule is O=C(C=Cc1cccc2cccnc12)Nc1ccccc1Cn1cncn1. The van der Waals surface area contributed by atoms with Crippen LogP contribution in [0.3, 0.4) is 0 Å². The quantitative estimate of drug-likeness (QED) is 0.556. The largest absolute Gasteiger partial charge is 0.322 e. The third kappa shape index (κ3) is 3.90. The molecular formula is C21H17N5O. The highest BCUT2D eigenvalue weighted by molar-refractivity contribution is 6.03. The molecule has 0 atom stereocenters. The highest BCUT2D eigenvalue weighted by atomic mass is 16.1. The minimum Gasteiger partial charge on any atom is -0.322 e. The standard InChI is InChI=1S/C21H17N5O/c27-20(11-10-17-7-3-6-16-8-4-12-23-21(16)17)25-19-9-2-1-5-18(19)13-26-15-22-14-24-26/h1-12,14-15H,13H2,(H,25,27). The highest BCUT2D eigenvalue weighted by Gasteiger charge is 2.06. The zero-order chi connectivity index (χ0) is 18.5. The molecule has 1 N–H and O–H groups in total. The van der Waals surface area contributed by atoms with Crippen molar-refractivity contribution < 1.29 is 4.79 Å². The average molecular weight is 355 g/mol. The molecule has 0 saturated carbocycles. The van der Waals surface area contributed by atoms with Gasteiger partial charge < -0.3 is 5.32 Å². The van der Waals surface area contributed by atoms with Gasteiger partial charge in [-0.3, -0.25) is 9.78 Å². The van der Waals surface area contributed by atoms with Crippen LogP contribution in [0.15, 0.2) is 79.5 Å². The molecule has 1 amide bonds. The second-order valence-electron chi connectivity index (χ2n) is 6.00. The summed E-state index contributed by atoms with van der Waals surface area (Å²) in [6, 6.07) is 17.4. The van der Waals surface area contributed by atoms with Gasteiger partial charge in [-0.1, -0.05) is 42.5 Å². The number of hydrogen-bond donors (Lipinski definition) is 1. The summed E-state index contributed by atoms with van der Waals surface area (Å²) in [4.78, 5) is 20.8. The molecule has 0 aliphatic heterocycles. The van der Waals surface area contributed by atoms with Gasteiger partial charge >= 0.3 is 0 Å². The van der Waals surface area contributed by atoms with Crippen LogP contribution in [0.4, 0.5) is 5.69 Å². The molecule has 4 aromatic rings. The fourth-order valence-electron chi connectivity index (χ4n) is 2.87. The Labute approximate surface area is 156 Å². The molecule has 4 rings (SSSR count). The van der Waals surface area contributed by atoms with Crippen LogP contribution in [-0.4, -0.2) is 25.7 Å². The van der Waals surface area contributed by atoms with Crippen molar-refractivity contribution in [2.75, 3.05) is 5.32 Å². The summed E-state index contributed by atoms with van der Waals surface area (Å²) in [5, 5.41) is 8.08. The number of carbonyl (C=O) groups is 1. The number of rotatable bonds is 5. The summed E-state index contributed by atoms with van der Waals surface area (Å²) in [6.45, 7) is 0.535. The molecule has 0 unspecified atom stereocenters. The van der Waals surface area contributed by atoms with E-state index >= 15 is 0 Å². The molecule has 6 heteroatoms. The molecule has 0 aliphatic carbocycles. The topological polar surface area (TPSA) is 72.7 Å². The van der Waals surface area contributed by atoms with Crippen molar-refractivity contribution in [2.45, 2.75) is 6.54 Å². The molecule has 6 nitrogen and oxygen atoms in total. The second kappa shape index (κ2) is 7.61. The maximum Gasteiger partial charge on any atom is 0.248 e. The molecular weight excluding hydrogens is 338 g/mol. The number of nitrogens with zero attached hydrogens (tertiary/aromatic N) is 4. The summed E-state index contributed by atoms with van der Waals surface area (Å²) in [6.07, 6.45) is 8.19. The molecule has 0 saturated heterocycles. The van der Waals surface area contributed by atoms with Gasteiger partial charge in [-0.05, 0) is 23.8 Å². The summed E-state index contributed by atoms with van der Waals surface area (Å²) in [7, 11) is 0. The van der Waals surface area contributed by atoms with Gasteiger partial charge in [0.1, 0.15) is 12.7 Å². The molecule has 2 aromatic carbocycles. The molecule has 0 spiro atoms. The first-order valence-corrected chi connectivity index (χ1v) is 8.53. The second-order valence-corrected chi connectivity index (χ2v) is 6.00. The Balaban J connectivity index is 1.52. The third-order valence-electron chi connectivity index (χ3n) is 4.15. The van der Waals surface area contributed by atoms with E-state index in [0.717, 1.165) is 27.7 Å². The van der Waals surface area contributed by atoms with Crippen molar-refractivity contribution in [1.29, 1.82) is 0 Å². The van der Waals surface area contributed by atoms with Gasteiger partial charge in [0.05, 0.1) is 12.1 Å². The predicted octanol–water partition coefficient (Wildman–Crippen LogP) is 3.53. The monoisotopic (exact) mass is 355 g/mol. The van der Waals surface area contributed by atoms with Crippen molar-refractivity contribution in [1.82, 2.24) is 19.7 Å². The van der Waals surface area contributed by atoms with Crippen LogP contribution in [0.1, 0.15) is 11.1 Å². The normalized spacial score (nSPS) is 11.1. The molecule has 132 valence electrons. The van der Waals surface area contributed by atoms with E-state index in [0.29, 0.717) is 6.54 Å². The van der Waals surface area contributed by atoms with E-state index < -0.39 is 0 Å². The zero-order valence-electron chi connectivity index (χ0n) is 14.5. The Morgan fingerprint density at radius 2 is 1.96 bits per heavy atom. The number of carbonyl (C=O) groups excluding carboxylic acids is 1. The van der Waals surface area contributed by atoms with Crippen LogP contribution in [-0.2, 0) is 11.3 Å². The maximum absolute atomic E-state index is 12.4. The van der Waals surface area contributed by atoms with Crippen LogP contribution in [0.5, 0.6) is 0 Å². The fraction of sp³-hybridized carbons (Fsp3) is 0.0476. The van der Waals surface area contributed by atoms with E-state index in [9.17, 15) is 4.79 Å². The van der Waals surface area contributed by atoms with E-state index in [2.05, 4.69) is 20.4 Å². The van der Waals surface area contributed by atoms with Gasteiger partial charge in [-0.25, -0.2) is 9.67 Å². The van der Waals surface area contributed by atoms with Crippen molar-refractivity contribution in [3.63, 3.8) is 0 Å². The lowest BCUT2D eigenvalue weighted by molar-refractivity contribution is -0.111. The van der Waals surface area contributed by atoms with Crippen molar-refractivity contribution >= 4 is 28.6 Å². The summed E-state index contributed by atoms with van der Waals surface area (Å²) in [5.74, 6) is -0.200. The summed E-state index contributed by atoms with van der Waals surface area (Å²) < 4.78 is 1.71. The van der Waals surface area contributed by atoms with Crippen LogP contribution in [0.2, 0.25) is 0 Å². The van der Waals surface area contributed by atoms with E-state index in [-0.39, 0.29) is 5.91 Å². The molecule has 0 radical (unpaired) electrons. The van der Waals surface area contributed by atoms with Crippen molar-refractivity contribution in [3.8, 4) is 0 Å². The molecule has 0 bridgehead atoms. The van der Waals surface area contributed by atoms with Gasteiger partial charge in [0.15, 0.2) is 0 Å². The Kier molecular flexibility index (Phi) is 4.70. The van der Waals surface area contributed by atoms with Crippen molar-refractivity contribution in [3.05, 3.63) is 90.7 Å². The average Bonchev–Trinajstić information content (AvgIpc) is 3.21. The number of para-hydroxylation sites is 2. The fourth-order valence-corrected chi connectivity index (χ4v) is 2.87. The number of aromatic nitrogens is 4. The smallest absolute Gasteiger partial charge is 0.248 e. The van der Waals surface area contributed by atoms with Gasteiger partial charge in [0.2, 0.25) is 5.91 Å². The minimum atomic E-state index is -0.200. The Morgan fingerprint density at radius 1 is 1.07 bits per heavy atom. The summed E-state index contributed by atoms with van der Waals surface area (Å²) >= 11 is 0. The van der Waals surface area contributed by atoms with Gasteiger partial charge in [0, 0.05) is 28.9 Å². The third-order valence-corrected chi connectivity index (χ3v) is 4.15. The number of benzene rings is 2. The van der Waals surface area contributed by atoms with Crippen LogP contribution < -0.4 is 5.32 Å². The lowest BCUT2D eigenvalue weighted by Gasteiger charge is -2.09. The molecule has 0 fully saturated rings. The van der Waals surface area contributed by atoms with E-state index in [1.54, 1.807) is 23.3 Å². The van der Waals surface area contributed by atoms with Gasteiger partial charge in [-0.15, -0.1) is 0 Å². The lowest BCUT2D eigenvalue weighted by Crippen LogP contribution is -2.11. The number of anilines is 1. The van der Waals surface area contributed by atoms with Crippen LogP contribution >= 0.6 is 0 Å². The molecule has 2 heterocycles. The van der Waals surface area contributed by atoms with E-state index in [1.807, 2.05) is 54.6 Å². The van der Waals surface area contributed by atoms with E-state index in [1.165, 1.54) is 12.4 Å². The van der Waals surface area contributed by atoms with Crippen LogP contribution in [0.25, 0.3) is 17.0 Å². The van der Waals surface area contributed by atoms with E-state index in [4.69, 9.17) is 0 Å². The Hall–Kier alpha value is -3.80. The molecule has 2 aromatic heterocycles. The highest BCUT2D eigenvalue weighted by Crippen LogP contribution is 2.18. The van der Waals surface area contributed by atoms with Gasteiger partial charge in [-0.2, -0.15) is 5.10 Å². The maximum atomic E-state index is 12.4. The predicted molar refractivity (Wildman–Crippen MR) is 105 cm³/mol. The number of pyridine rings is 1.